The minimum atomic E-state index is 0.226. The molecule has 4 N–H and O–H groups in total. The summed E-state index contributed by atoms with van der Waals surface area (Å²) in [5.41, 5.74) is 2.39. The second-order valence-electron chi connectivity index (χ2n) is 3.88. The fourth-order valence-corrected chi connectivity index (χ4v) is 1.57. The summed E-state index contributed by atoms with van der Waals surface area (Å²) < 4.78 is 3.17. The predicted molar refractivity (Wildman–Crippen MR) is 71.2 cm³/mol. The van der Waals surface area contributed by atoms with Gasteiger partial charge in [-0.25, -0.2) is 10.5 Å². The van der Waals surface area contributed by atoms with Crippen LogP contribution in [0.2, 0.25) is 0 Å². The topological polar surface area (TPSA) is 124 Å². The number of nitrogens with two attached hydrogens (primary N) is 1. The highest BCUT2D eigenvalue weighted by atomic mass is 15.4. The Bertz CT molecular complexity index is 701. The molecule has 0 radical (unpaired) electrons. The molecule has 3 rings (SSSR count). The van der Waals surface area contributed by atoms with E-state index in [1.165, 1.54) is 4.68 Å². The van der Waals surface area contributed by atoms with E-state index in [2.05, 4.69) is 35.9 Å². The van der Waals surface area contributed by atoms with E-state index < -0.39 is 0 Å². The van der Waals surface area contributed by atoms with Crippen LogP contribution in [0.4, 0.5) is 17.7 Å². The largest absolute Gasteiger partial charge is 0.307 e. The van der Waals surface area contributed by atoms with Crippen molar-refractivity contribution in [3.8, 4) is 5.95 Å². The Morgan fingerprint density at radius 3 is 2.65 bits per heavy atom. The van der Waals surface area contributed by atoms with E-state index in [1.54, 1.807) is 35.4 Å². The summed E-state index contributed by atoms with van der Waals surface area (Å²) in [6.07, 6.45) is 5.16. The number of nitrogens with zero attached hydrogens (tertiary/aromatic N) is 7. The average Bonchev–Trinajstić information content (AvgIpc) is 3.10. The van der Waals surface area contributed by atoms with E-state index in [0.717, 1.165) is 0 Å². The van der Waals surface area contributed by atoms with Crippen molar-refractivity contribution in [3.63, 3.8) is 0 Å². The maximum atomic E-state index is 5.36. The summed E-state index contributed by atoms with van der Waals surface area (Å²) in [5.74, 6) is 6.86. The lowest BCUT2D eigenvalue weighted by Crippen LogP contribution is -2.15. The van der Waals surface area contributed by atoms with Gasteiger partial charge < -0.3 is 5.32 Å². The van der Waals surface area contributed by atoms with Crippen molar-refractivity contribution < 1.29 is 0 Å². The summed E-state index contributed by atoms with van der Waals surface area (Å²) in [6, 6.07) is 3.57. The van der Waals surface area contributed by atoms with Crippen LogP contribution in [0.1, 0.15) is 0 Å². The molecule has 0 aliphatic heterocycles. The number of hydrogen-bond donors (Lipinski definition) is 3. The molecule has 10 nitrogen and oxygen atoms in total. The number of aryl methyl sites for hydroxylation is 1. The Morgan fingerprint density at radius 2 is 2.00 bits per heavy atom. The molecule has 0 bridgehead atoms. The lowest BCUT2D eigenvalue weighted by molar-refractivity contribution is 0.769. The highest BCUT2D eigenvalue weighted by Crippen LogP contribution is 2.12. The van der Waals surface area contributed by atoms with Crippen molar-refractivity contribution >= 4 is 17.7 Å². The van der Waals surface area contributed by atoms with Gasteiger partial charge in [-0.3, -0.25) is 10.1 Å². The number of anilines is 3. The minimum absolute atomic E-state index is 0.226. The molecule has 0 aliphatic carbocycles. The lowest BCUT2D eigenvalue weighted by atomic mass is 10.6. The summed E-state index contributed by atoms with van der Waals surface area (Å²) in [4.78, 5) is 12.5. The van der Waals surface area contributed by atoms with Crippen LogP contribution < -0.4 is 16.6 Å². The smallest absolute Gasteiger partial charge is 0.257 e. The molecule has 0 saturated carbocycles. The van der Waals surface area contributed by atoms with Crippen molar-refractivity contribution in [2.24, 2.45) is 12.9 Å². The molecule has 3 aromatic rings. The van der Waals surface area contributed by atoms with E-state index in [0.29, 0.717) is 17.7 Å². The Hall–Kier alpha value is -3.01. The van der Waals surface area contributed by atoms with Gasteiger partial charge in [-0.05, 0) is 6.07 Å². The Labute approximate surface area is 113 Å². The molecule has 0 unspecified atom stereocenters. The van der Waals surface area contributed by atoms with Crippen molar-refractivity contribution in [2.75, 3.05) is 10.7 Å². The first kappa shape index (κ1) is 12.0. The monoisotopic (exact) mass is 272 g/mol. The number of nitrogens with one attached hydrogen (secondary N) is 2. The third-order valence-corrected chi connectivity index (χ3v) is 2.42. The second-order valence-corrected chi connectivity index (χ2v) is 3.88. The first-order valence-corrected chi connectivity index (χ1v) is 5.74. The van der Waals surface area contributed by atoms with Crippen LogP contribution in [-0.2, 0) is 7.05 Å². The Balaban J connectivity index is 1.96. The standard InChI is InChI=1S/C10H12N10/c1-19-6-3-7(18-19)13-8-14-9(17-11)16-10(15-8)20-5-2-4-12-20/h2-6H,11H2,1H3,(H2,13,14,15,16,17,18). The maximum Gasteiger partial charge on any atom is 0.257 e. The molecule has 0 amide bonds. The van der Waals surface area contributed by atoms with Gasteiger partial charge in [0.1, 0.15) is 0 Å². The van der Waals surface area contributed by atoms with Gasteiger partial charge in [-0.15, -0.1) is 0 Å². The Kier molecular flexibility index (Phi) is 2.97. The fraction of sp³-hybridized carbons (Fsp3) is 0.100. The van der Waals surface area contributed by atoms with E-state index in [9.17, 15) is 0 Å². The van der Waals surface area contributed by atoms with Gasteiger partial charge in [0.15, 0.2) is 5.82 Å². The molecular weight excluding hydrogens is 260 g/mol. The molecule has 20 heavy (non-hydrogen) atoms. The van der Waals surface area contributed by atoms with Crippen LogP contribution in [-0.4, -0.2) is 34.5 Å². The molecular formula is C10H12N10. The molecule has 0 saturated heterocycles. The SMILES string of the molecule is Cn1ccc(Nc2nc(NN)nc(-n3cccn3)n2)n1. The maximum absolute atomic E-state index is 5.36. The summed E-state index contributed by atoms with van der Waals surface area (Å²) in [6.45, 7) is 0. The highest BCUT2D eigenvalue weighted by Gasteiger charge is 2.09. The summed E-state index contributed by atoms with van der Waals surface area (Å²) in [7, 11) is 1.82. The highest BCUT2D eigenvalue weighted by molar-refractivity contribution is 5.49. The van der Waals surface area contributed by atoms with Crippen molar-refractivity contribution in [2.45, 2.75) is 0 Å². The summed E-state index contributed by atoms with van der Waals surface area (Å²) >= 11 is 0. The van der Waals surface area contributed by atoms with Crippen LogP contribution in [0, 0.1) is 0 Å². The lowest BCUT2D eigenvalue weighted by Gasteiger charge is -2.06. The predicted octanol–water partition coefficient (Wildman–Crippen LogP) is -0.180. The van der Waals surface area contributed by atoms with Gasteiger partial charge in [0.2, 0.25) is 11.9 Å². The van der Waals surface area contributed by atoms with E-state index >= 15 is 0 Å². The van der Waals surface area contributed by atoms with Gasteiger partial charge in [0.05, 0.1) is 0 Å². The number of nitrogen functional groups attached to an aromatic ring is 1. The number of aromatic nitrogens is 7. The fourth-order valence-electron chi connectivity index (χ4n) is 1.57. The van der Waals surface area contributed by atoms with E-state index in [-0.39, 0.29) is 5.95 Å². The molecule has 3 heterocycles. The van der Waals surface area contributed by atoms with Crippen LogP contribution in [0.25, 0.3) is 5.95 Å². The minimum Gasteiger partial charge on any atom is -0.307 e. The molecule has 10 heteroatoms. The average molecular weight is 272 g/mol. The van der Waals surface area contributed by atoms with Crippen molar-refractivity contribution in [1.29, 1.82) is 0 Å². The van der Waals surface area contributed by atoms with Gasteiger partial charge in [-0.2, -0.15) is 25.1 Å². The third kappa shape index (κ3) is 2.40. The molecule has 0 atom stereocenters. The van der Waals surface area contributed by atoms with E-state index in [4.69, 9.17) is 5.84 Å². The van der Waals surface area contributed by atoms with Crippen molar-refractivity contribution in [3.05, 3.63) is 30.7 Å². The van der Waals surface area contributed by atoms with Crippen LogP contribution in [0.5, 0.6) is 0 Å². The third-order valence-electron chi connectivity index (χ3n) is 2.42. The molecule has 0 fully saturated rings. The normalized spacial score (nSPS) is 10.5. The number of rotatable bonds is 4. The number of hydrazine groups is 1. The Morgan fingerprint density at radius 1 is 1.15 bits per heavy atom. The summed E-state index contributed by atoms with van der Waals surface area (Å²) in [5, 5.41) is 11.2. The van der Waals surface area contributed by atoms with Crippen LogP contribution >= 0.6 is 0 Å². The van der Waals surface area contributed by atoms with Gasteiger partial charge in [0.25, 0.3) is 5.95 Å². The quantitative estimate of drug-likeness (QED) is 0.441. The zero-order valence-electron chi connectivity index (χ0n) is 10.6. The zero-order chi connectivity index (χ0) is 13.9. The number of hydrogen-bond acceptors (Lipinski definition) is 8. The molecule has 3 aromatic heterocycles. The van der Waals surface area contributed by atoms with Gasteiger partial charge >= 0.3 is 0 Å². The first-order valence-electron chi connectivity index (χ1n) is 5.74. The second kappa shape index (κ2) is 4.93. The molecule has 102 valence electrons. The van der Waals surface area contributed by atoms with Gasteiger partial charge in [-0.1, -0.05) is 0 Å². The van der Waals surface area contributed by atoms with E-state index in [1.807, 2.05) is 7.05 Å². The van der Waals surface area contributed by atoms with Gasteiger partial charge in [0, 0.05) is 31.7 Å². The first-order chi connectivity index (χ1) is 9.74. The van der Waals surface area contributed by atoms with Crippen LogP contribution in [0.15, 0.2) is 30.7 Å². The molecule has 0 aromatic carbocycles. The molecule has 0 spiro atoms. The van der Waals surface area contributed by atoms with Crippen LogP contribution in [0.3, 0.4) is 0 Å². The molecule has 0 aliphatic rings. The van der Waals surface area contributed by atoms with Crippen molar-refractivity contribution in [1.82, 2.24) is 34.5 Å². The zero-order valence-corrected chi connectivity index (χ0v) is 10.6.